The average Bonchev–Trinajstić information content (AvgIpc) is 2.50. The molecule has 0 unspecified atom stereocenters. The van der Waals surface area contributed by atoms with Crippen LogP contribution in [0.15, 0.2) is 18.7 Å². The van der Waals surface area contributed by atoms with Gasteiger partial charge in [0.2, 0.25) is 6.33 Å². The van der Waals surface area contributed by atoms with Gasteiger partial charge in [0.05, 0.1) is 6.54 Å². The molecule has 0 aliphatic heterocycles. The third-order valence-electron chi connectivity index (χ3n) is 1.87. The Balaban J connectivity index is 2.04. The Morgan fingerprint density at radius 3 is 2.82 bits per heavy atom. The Morgan fingerprint density at radius 1 is 1.27 bits per heavy atom. The maximum Gasteiger partial charge on any atom is 0.241 e. The maximum absolute atomic E-state index is 3.03. The first kappa shape index (κ1) is 8.31. The quantitative estimate of drug-likeness (QED) is 0.492. The fraction of sp³-hybridized carbons (Fsp3) is 0.667. The minimum absolute atomic E-state index is 1.16. The van der Waals surface area contributed by atoms with Crippen molar-refractivity contribution in [3.05, 3.63) is 18.7 Å². The van der Waals surface area contributed by atoms with Crippen molar-refractivity contribution in [1.82, 2.24) is 4.98 Å². The lowest BCUT2D eigenvalue weighted by molar-refractivity contribution is -0.696. The minimum Gasteiger partial charge on any atom is -0.250 e. The molecule has 0 aliphatic carbocycles. The Morgan fingerprint density at radius 2 is 2.18 bits per heavy atom. The highest BCUT2D eigenvalue weighted by molar-refractivity contribution is 4.55. The first-order valence-electron chi connectivity index (χ1n) is 4.45. The van der Waals surface area contributed by atoms with E-state index in [1.54, 1.807) is 0 Å². The van der Waals surface area contributed by atoms with E-state index in [1.807, 2.05) is 12.5 Å². The van der Waals surface area contributed by atoms with E-state index in [1.165, 1.54) is 25.7 Å². The lowest BCUT2D eigenvalue weighted by Crippen LogP contribution is -2.30. The smallest absolute Gasteiger partial charge is 0.241 e. The number of nitrogens with zero attached hydrogens (tertiary/aromatic N) is 1. The van der Waals surface area contributed by atoms with Gasteiger partial charge in [-0.3, -0.25) is 4.98 Å². The van der Waals surface area contributed by atoms with Crippen molar-refractivity contribution in [2.24, 2.45) is 0 Å². The van der Waals surface area contributed by atoms with Gasteiger partial charge in [0, 0.05) is 0 Å². The molecule has 0 bridgehead atoms. The Labute approximate surface area is 68.3 Å². The van der Waals surface area contributed by atoms with Crippen LogP contribution in [-0.4, -0.2) is 4.98 Å². The molecular weight excluding hydrogens is 136 g/mol. The first-order valence-corrected chi connectivity index (χ1v) is 4.45. The summed E-state index contributed by atoms with van der Waals surface area (Å²) in [5.74, 6) is 0. The van der Waals surface area contributed by atoms with Gasteiger partial charge in [-0.1, -0.05) is 19.8 Å². The van der Waals surface area contributed by atoms with E-state index in [0.29, 0.717) is 0 Å². The van der Waals surface area contributed by atoms with E-state index in [4.69, 9.17) is 0 Å². The van der Waals surface area contributed by atoms with Gasteiger partial charge in [-0.2, -0.15) is 0 Å². The van der Waals surface area contributed by atoms with Gasteiger partial charge in [0.15, 0.2) is 0 Å². The second-order valence-electron chi connectivity index (χ2n) is 2.91. The monoisotopic (exact) mass is 153 g/mol. The molecule has 2 nitrogen and oxygen atoms in total. The van der Waals surface area contributed by atoms with Crippen molar-refractivity contribution in [2.75, 3.05) is 0 Å². The van der Waals surface area contributed by atoms with Crippen molar-refractivity contribution < 1.29 is 4.57 Å². The number of hydrogen-bond donors (Lipinski definition) is 1. The molecule has 0 fully saturated rings. The molecule has 1 aromatic rings. The van der Waals surface area contributed by atoms with Crippen molar-refractivity contribution in [1.29, 1.82) is 0 Å². The SMILES string of the molecule is CCCCCC[n+]1cc[nH]c1. The molecule has 0 aliphatic rings. The van der Waals surface area contributed by atoms with Crippen molar-refractivity contribution in [3.8, 4) is 0 Å². The van der Waals surface area contributed by atoms with E-state index in [2.05, 4.69) is 22.7 Å². The summed E-state index contributed by atoms with van der Waals surface area (Å²) in [6.45, 7) is 3.40. The van der Waals surface area contributed by atoms with Gasteiger partial charge >= 0.3 is 0 Å². The average molecular weight is 153 g/mol. The van der Waals surface area contributed by atoms with Gasteiger partial charge in [-0.15, -0.1) is 0 Å². The van der Waals surface area contributed by atoms with Crippen LogP contribution in [-0.2, 0) is 6.54 Å². The molecule has 0 atom stereocenters. The van der Waals surface area contributed by atoms with Crippen LogP contribution in [0.3, 0.4) is 0 Å². The number of rotatable bonds is 5. The van der Waals surface area contributed by atoms with E-state index < -0.39 is 0 Å². The van der Waals surface area contributed by atoms with Gasteiger partial charge in [0.25, 0.3) is 0 Å². The molecule has 0 aromatic carbocycles. The number of aryl methyl sites for hydroxylation is 1. The van der Waals surface area contributed by atoms with Gasteiger partial charge < -0.3 is 0 Å². The van der Waals surface area contributed by atoms with E-state index >= 15 is 0 Å². The molecule has 1 aromatic heterocycles. The number of nitrogens with one attached hydrogen (secondary N) is 1. The van der Waals surface area contributed by atoms with Crippen LogP contribution in [0.2, 0.25) is 0 Å². The summed E-state index contributed by atoms with van der Waals surface area (Å²) >= 11 is 0. The normalized spacial score (nSPS) is 10.3. The van der Waals surface area contributed by atoms with E-state index in [-0.39, 0.29) is 0 Å². The molecule has 2 heteroatoms. The van der Waals surface area contributed by atoms with Gasteiger partial charge in [0.1, 0.15) is 12.4 Å². The summed E-state index contributed by atoms with van der Waals surface area (Å²) in [6.07, 6.45) is 11.4. The number of unbranched alkanes of at least 4 members (excludes halogenated alkanes) is 3. The molecular formula is C9H17N2+. The van der Waals surface area contributed by atoms with Crippen LogP contribution in [0.5, 0.6) is 0 Å². The molecule has 1 N–H and O–H groups in total. The lowest BCUT2D eigenvalue weighted by atomic mass is 10.2. The molecule has 0 radical (unpaired) electrons. The summed E-state index contributed by atoms with van der Waals surface area (Å²) < 4.78 is 2.19. The second-order valence-corrected chi connectivity index (χ2v) is 2.91. The third-order valence-corrected chi connectivity index (χ3v) is 1.87. The van der Waals surface area contributed by atoms with Crippen LogP contribution in [0.25, 0.3) is 0 Å². The van der Waals surface area contributed by atoms with Crippen LogP contribution in [0.1, 0.15) is 32.6 Å². The van der Waals surface area contributed by atoms with Gasteiger partial charge in [-0.05, 0) is 12.8 Å². The summed E-state index contributed by atoms with van der Waals surface area (Å²) in [4.78, 5) is 3.03. The summed E-state index contributed by atoms with van der Waals surface area (Å²) in [5.41, 5.74) is 0. The number of H-pyrrole nitrogens is 1. The number of imidazole rings is 1. The number of hydrogen-bond acceptors (Lipinski definition) is 0. The van der Waals surface area contributed by atoms with E-state index in [0.717, 1.165) is 6.54 Å². The zero-order valence-electron chi connectivity index (χ0n) is 7.21. The van der Waals surface area contributed by atoms with Crippen molar-refractivity contribution in [3.63, 3.8) is 0 Å². The second kappa shape index (κ2) is 4.94. The molecule has 62 valence electrons. The fourth-order valence-corrected chi connectivity index (χ4v) is 1.18. The zero-order chi connectivity index (χ0) is 7.94. The third kappa shape index (κ3) is 3.21. The number of aromatic amines is 1. The topological polar surface area (TPSA) is 19.7 Å². The summed E-state index contributed by atoms with van der Waals surface area (Å²) in [5, 5.41) is 0. The van der Waals surface area contributed by atoms with E-state index in [9.17, 15) is 0 Å². The molecule has 11 heavy (non-hydrogen) atoms. The highest BCUT2D eigenvalue weighted by atomic mass is 15.0. The van der Waals surface area contributed by atoms with Crippen LogP contribution >= 0.6 is 0 Å². The lowest BCUT2D eigenvalue weighted by Gasteiger charge is -1.95. The minimum atomic E-state index is 1.16. The highest BCUT2D eigenvalue weighted by Gasteiger charge is 1.94. The van der Waals surface area contributed by atoms with Gasteiger partial charge in [-0.25, -0.2) is 4.57 Å². The Hall–Kier alpha value is -0.790. The Bertz CT molecular complexity index is 168. The van der Waals surface area contributed by atoms with Crippen LogP contribution in [0.4, 0.5) is 0 Å². The fourth-order valence-electron chi connectivity index (χ4n) is 1.18. The molecule has 0 amide bonds. The summed E-state index contributed by atoms with van der Waals surface area (Å²) in [7, 11) is 0. The largest absolute Gasteiger partial charge is 0.250 e. The molecule has 0 spiro atoms. The van der Waals surface area contributed by atoms with Crippen molar-refractivity contribution in [2.45, 2.75) is 39.2 Å². The highest BCUT2D eigenvalue weighted by Crippen LogP contribution is 1.97. The molecule has 1 rings (SSSR count). The standard InChI is InChI=1S/C9H16N2/c1-2-3-4-5-7-11-8-6-10-9-11/h6,8-9H,2-5,7H2,1H3/p+1. The predicted molar refractivity (Wildman–Crippen MR) is 45.1 cm³/mol. The number of aromatic nitrogens is 2. The predicted octanol–water partition coefficient (Wildman–Crippen LogP) is 1.88. The molecule has 0 saturated carbocycles. The maximum atomic E-state index is 3.03. The Kier molecular flexibility index (Phi) is 3.73. The molecule has 0 saturated heterocycles. The van der Waals surface area contributed by atoms with Crippen molar-refractivity contribution >= 4 is 0 Å². The zero-order valence-corrected chi connectivity index (χ0v) is 7.21. The van der Waals surface area contributed by atoms with Crippen LogP contribution < -0.4 is 4.57 Å². The molecule has 1 heterocycles. The first-order chi connectivity index (χ1) is 5.43. The summed E-state index contributed by atoms with van der Waals surface area (Å²) in [6, 6.07) is 0. The van der Waals surface area contributed by atoms with Crippen LogP contribution in [0, 0.1) is 0 Å².